The Morgan fingerprint density at radius 2 is 1.53 bits per heavy atom. The van der Waals surface area contributed by atoms with E-state index >= 15 is 0 Å². The Morgan fingerprint density at radius 1 is 0.802 bits per heavy atom. The van der Waals surface area contributed by atoms with Crippen LogP contribution in [0.5, 0.6) is 5.75 Å². The van der Waals surface area contributed by atoms with Crippen molar-refractivity contribution >= 4 is 116 Å². The summed E-state index contributed by atoms with van der Waals surface area (Å²) in [4.78, 5) is 153. The Morgan fingerprint density at radius 3 is 2.23 bits per heavy atom. The second-order valence-corrected chi connectivity index (χ2v) is 23.8. The molecule has 29 heteroatoms. The number of Topliss-reactive ketones (excluding diaryl/α,β-unsaturated/α-hetero) is 1. The van der Waals surface area contributed by atoms with E-state index in [1.165, 1.54) is 16.8 Å². The fraction of sp³-hybridized carbons (Fsp3) is 0.373. The number of hydrogen-bond acceptors (Lipinski definition) is 17. The molecule has 4 heterocycles. The predicted molar refractivity (Wildman–Crippen MR) is 356 cm³/mol. The summed E-state index contributed by atoms with van der Waals surface area (Å²) in [6.07, 6.45) is 4.09. The van der Waals surface area contributed by atoms with Crippen molar-refractivity contribution in [1.82, 2.24) is 34.7 Å². The number of primary amides is 2. The number of imidazole rings is 1. The number of imide groups is 1. The molecule has 3 atom stereocenters. The van der Waals surface area contributed by atoms with Gasteiger partial charge in [0.15, 0.2) is 5.78 Å². The zero-order valence-electron chi connectivity index (χ0n) is 53.6. The number of nitrogens with one attached hydrogen (secondary N) is 4. The molecule has 2 aliphatic heterocycles. The van der Waals surface area contributed by atoms with Gasteiger partial charge in [0.25, 0.3) is 23.6 Å². The SMILES string of the molecule is Cc1cccc2c(OC(=O)N(CCCCC(N)=O)CCN(C)C(=O)OCc3ccc(NC(=O)[C@H](CCCNC(N)=O)CC(=O)[C@@H](NC(=O)OCCOCCN4C(=O)C=CC4=O)C(C)C)cc3)cc3c(c12)[C@H](CCl)CN3C(=O)c1cn2cc(NC(=O)c3ccc(N)cc3)ccc2n1. The number of aryl methyl sites for hydroxylation is 1. The smallest absolute Gasteiger partial charge is 0.415 e. The molecule has 96 heavy (non-hydrogen) atoms. The highest BCUT2D eigenvalue weighted by Gasteiger charge is 2.38. The molecular formula is C67H78ClN13O15. The summed E-state index contributed by atoms with van der Waals surface area (Å²) in [6.45, 7) is 5.36. The second-order valence-electron chi connectivity index (χ2n) is 23.5. The van der Waals surface area contributed by atoms with Crippen LogP contribution in [-0.4, -0.2) is 168 Å². The maximum atomic E-state index is 14.6. The summed E-state index contributed by atoms with van der Waals surface area (Å²) >= 11 is 6.66. The van der Waals surface area contributed by atoms with Crippen LogP contribution in [0.4, 0.5) is 41.9 Å². The van der Waals surface area contributed by atoms with Gasteiger partial charge in [0.2, 0.25) is 11.8 Å². The zero-order chi connectivity index (χ0) is 69.2. The topological polar surface area (TPSA) is 381 Å². The highest BCUT2D eigenvalue weighted by molar-refractivity contribution is 6.19. The first-order valence-electron chi connectivity index (χ1n) is 31.2. The molecule has 11 amide bonds. The molecule has 0 unspecified atom stereocenters. The minimum atomic E-state index is -1.04. The lowest BCUT2D eigenvalue weighted by Gasteiger charge is -2.26. The average Bonchev–Trinajstić information content (AvgIpc) is 1.54. The summed E-state index contributed by atoms with van der Waals surface area (Å²) in [5.41, 5.74) is 21.4. The molecule has 8 rings (SSSR count). The molecule has 10 N–H and O–H groups in total. The number of anilines is 4. The van der Waals surface area contributed by atoms with Crippen LogP contribution in [0, 0.1) is 18.8 Å². The van der Waals surface area contributed by atoms with Gasteiger partial charge in [0.05, 0.1) is 37.2 Å². The summed E-state index contributed by atoms with van der Waals surface area (Å²) in [6, 6.07) is 21.7. The van der Waals surface area contributed by atoms with Crippen molar-refractivity contribution in [2.45, 2.75) is 77.9 Å². The Hall–Kier alpha value is -10.6. The van der Waals surface area contributed by atoms with Gasteiger partial charge < -0.3 is 76.5 Å². The van der Waals surface area contributed by atoms with Crippen LogP contribution in [0.1, 0.15) is 95.8 Å². The molecule has 2 aromatic heterocycles. The molecule has 6 aromatic rings. The van der Waals surface area contributed by atoms with Crippen molar-refractivity contribution in [3.05, 3.63) is 137 Å². The van der Waals surface area contributed by atoms with Crippen molar-refractivity contribution < 1.29 is 71.7 Å². The van der Waals surface area contributed by atoms with Gasteiger partial charge in [0.1, 0.15) is 30.3 Å². The Balaban J connectivity index is 0.875. The number of halogens is 1. The van der Waals surface area contributed by atoms with Gasteiger partial charge in [-0.2, -0.15) is 0 Å². The third kappa shape index (κ3) is 19.0. The van der Waals surface area contributed by atoms with E-state index in [0.29, 0.717) is 57.8 Å². The molecule has 0 aliphatic carbocycles. The standard InChI is InChI=1S/C67H78ClN13O15/c1-40(2)60(76-65(90)94-32-31-93-30-29-80-56(84)23-24-57(80)85)52(82)33-44(10-8-25-72-64(71)89)62(87)73-47-19-13-42(14-20-47)39-95-66(91)77(4)27-28-78(26-6-5-12-54(70)83)67(92)96-53-34-51-59(58-41(3)9-7-11-49(53)58)45(35-68)36-81(51)63(88)50-38-79-37-48(21-22-55(79)75-50)74-61(86)43-15-17-46(69)18-16-43/h7,9,11,13-24,34,37-38,40,44-45,60H,5-6,8,10,12,25-33,35-36,39,69H2,1-4H3,(H2,70,83)(H,73,87)(H,74,86)(H,76,90)(H3,71,72,89)/t44-,45-,60+/m1/s1. The molecule has 0 radical (unpaired) electrons. The summed E-state index contributed by atoms with van der Waals surface area (Å²) in [7, 11) is 1.50. The third-order valence-electron chi connectivity index (χ3n) is 16.1. The van der Waals surface area contributed by atoms with Crippen LogP contribution < -0.4 is 48.1 Å². The first kappa shape index (κ1) is 71.2. The number of alkyl halides is 1. The van der Waals surface area contributed by atoms with Gasteiger partial charge in [0, 0.05) is 123 Å². The lowest BCUT2D eigenvalue weighted by Crippen LogP contribution is -2.46. The van der Waals surface area contributed by atoms with E-state index in [1.54, 1.807) is 102 Å². The number of urea groups is 1. The van der Waals surface area contributed by atoms with Crippen LogP contribution in [0.15, 0.2) is 109 Å². The van der Waals surface area contributed by atoms with Crippen molar-refractivity contribution in [1.29, 1.82) is 0 Å². The maximum absolute atomic E-state index is 14.6. The predicted octanol–water partition coefficient (Wildman–Crippen LogP) is 6.99. The number of nitrogens with zero attached hydrogens (tertiary/aromatic N) is 6. The minimum Gasteiger partial charge on any atom is -0.447 e. The van der Waals surface area contributed by atoms with Crippen LogP contribution in [0.2, 0.25) is 0 Å². The highest BCUT2D eigenvalue weighted by atomic mass is 35.5. The number of amides is 11. The number of carbonyl (C=O) groups excluding carboxylic acids is 11. The molecule has 0 saturated heterocycles. The number of carbonyl (C=O) groups is 11. The third-order valence-corrected chi connectivity index (χ3v) is 16.5. The van der Waals surface area contributed by atoms with E-state index in [0.717, 1.165) is 33.6 Å². The summed E-state index contributed by atoms with van der Waals surface area (Å²) < 4.78 is 24.1. The molecule has 28 nitrogen and oxygen atoms in total. The molecule has 0 fully saturated rings. The Bertz CT molecular complexity index is 3900. The van der Waals surface area contributed by atoms with Gasteiger partial charge in [-0.1, -0.05) is 44.2 Å². The number of aromatic nitrogens is 2. The summed E-state index contributed by atoms with van der Waals surface area (Å²) in [5, 5.41) is 12.1. The first-order valence-corrected chi connectivity index (χ1v) is 31.7. The fourth-order valence-electron chi connectivity index (χ4n) is 11.0. The van der Waals surface area contributed by atoms with E-state index < -0.39 is 77.5 Å². The molecule has 0 spiro atoms. The monoisotopic (exact) mass is 1340 g/mol. The van der Waals surface area contributed by atoms with Crippen LogP contribution in [-0.2, 0) is 44.8 Å². The maximum Gasteiger partial charge on any atom is 0.415 e. The van der Waals surface area contributed by atoms with Gasteiger partial charge in [-0.3, -0.25) is 38.5 Å². The lowest BCUT2D eigenvalue weighted by molar-refractivity contribution is -0.137. The first-order chi connectivity index (χ1) is 46.0. The van der Waals surface area contributed by atoms with Crippen molar-refractivity contribution in [2.75, 3.05) is 93.3 Å². The minimum absolute atomic E-state index is 0.0155. The number of hydrogen-bond donors (Lipinski definition) is 7. The van der Waals surface area contributed by atoms with Crippen molar-refractivity contribution in [2.24, 2.45) is 23.3 Å². The lowest BCUT2D eigenvalue weighted by atomic mass is 9.89. The number of pyridine rings is 1. The van der Waals surface area contributed by atoms with E-state index in [2.05, 4.69) is 26.3 Å². The molecule has 0 bridgehead atoms. The number of rotatable bonds is 32. The summed E-state index contributed by atoms with van der Waals surface area (Å²) in [5.74, 6) is -4.49. The number of nitrogens with two attached hydrogens (primary N) is 3. The zero-order valence-corrected chi connectivity index (χ0v) is 54.4. The number of fused-ring (bicyclic) bond motifs is 4. The van der Waals surface area contributed by atoms with Crippen LogP contribution in [0.3, 0.4) is 0 Å². The van der Waals surface area contributed by atoms with E-state index in [-0.39, 0.29) is 121 Å². The fourth-order valence-corrected chi connectivity index (χ4v) is 11.2. The Kier molecular flexibility index (Phi) is 24.8. The van der Waals surface area contributed by atoms with Gasteiger partial charge >= 0.3 is 24.3 Å². The Labute approximate surface area is 558 Å². The average molecular weight is 1340 g/mol. The van der Waals surface area contributed by atoms with E-state index in [9.17, 15) is 52.7 Å². The second kappa shape index (κ2) is 33.5. The van der Waals surface area contributed by atoms with E-state index in [1.807, 2.05) is 25.1 Å². The molecule has 4 aromatic carbocycles. The van der Waals surface area contributed by atoms with Crippen molar-refractivity contribution in [3.63, 3.8) is 0 Å². The van der Waals surface area contributed by atoms with Gasteiger partial charge in [-0.15, -0.1) is 11.6 Å². The largest absolute Gasteiger partial charge is 0.447 e. The van der Waals surface area contributed by atoms with E-state index in [4.69, 9.17) is 47.7 Å². The molecular weight excluding hydrogens is 1260 g/mol. The number of alkyl carbamates (subject to hydrolysis) is 1. The number of nitrogen functional groups attached to an aromatic ring is 1. The van der Waals surface area contributed by atoms with Crippen molar-refractivity contribution in [3.8, 4) is 5.75 Å². The number of likely N-dealkylation sites (N-methyl/N-ethyl adjacent to an activating group) is 1. The molecule has 508 valence electrons. The van der Waals surface area contributed by atoms with Crippen LogP contribution in [0.25, 0.3) is 16.4 Å². The number of unbranched alkanes of at least 4 members (excludes halogenated alkanes) is 1. The quantitative estimate of drug-likeness (QED) is 0.00967. The normalized spacial score (nSPS) is 13.9. The number of ketones is 1. The number of benzene rings is 4. The molecule has 0 saturated carbocycles. The highest BCUT2D eigenvalue weighted by Crippen LogP contribution is 2.47. The number of ether oxygens (including phenoxy) is 4. The van der Waals surface area contributed by atoms with Gasteiger partial charge in [-0.05, 0) is 109 Å². The van der Waals surface area contributed by atoms with Crippen LogP contribution >= 0.6 is 11.6 Å². The molecule has 2 aliphatic rings. The van der Waals surface area contributed by atoms with Gasteiger partial charge in [-0.25, -0.2) is 24.2 Å².